The third kappa shape index (κ3) is 75.8. The first-order chi connectivity index (χ1) is 49.2. The lowest BCUT2D eigenvalue weighted by Crippen LogP contribution is -2.30. The van der Waals surface area contributed by atoms with Crippen LogP contribution in [0.25, 0.3) is 0 Å². The van der Waals surface area contributed by atoms with Gasteiger partial charge in [0.25, 0.3) is 0 Å². The highest BCUT2D eigenvalue weighted by Gasteiger charge is 2.30. The zero-order valence-corrected chi connectivity index (χ0v) is 68.4. The zero-order valence-electron chi connectivity index (χ0n) is 66.6. The molecule has 0 aromatic heterocycles. The van der Waals surface area contributed by atoms with E-state index in [2.05, 4.69) is 72.8 Å². The lowest BCUT2D eigenvalue weighted by molar-refractivity contribution is -0.161. The molecule has 0 rings (SSSR count). The van der Waals surface area contributed by atoms with Crippen molar-refractivity contribution >= 4 is 39.5 Å². The van der Waals surface area contributed by atoms with E-state index in [4.69, 9.17) is 37.0 Å². The molecule has 0 amide bonds. The van der Waals surface area contributed by atoms with Crippen molar-refractivity contribution in [2.24, 2.45) is 17.8 Å². The van der Waals surface area contributed by atoms with Gasteiger partial charge < -0.3 is 33.8 Å². The van der Waals surface area contributed by atoms with Crippen molar-refractivity contribution in [3.63, 3.8) is 0 Å². The Balaban J connectivity index is 5.26. The second-order valence-corrected chi connectivity index (χ2v) is 33.5. The van der Waals surface area contributed by atoms with Gasteiger partial charge in [-0.15, -0.1) is 0 Å². The SMILES string of the molecule is CCCCCC/C=C\C=C/CCCCCCCC(=O)OC[C@H](COP(=O)(O)OCC(O)COP(=O)(O)OC[C@@H](COC(=O)CCCCCCCCCC(C)C)OC(=O)CCCCCCCCCCCCCCCCCC(C)C)OC(=O)CCCCCCCCCCCCCCCCCCC(C)C. The van der Waals surface area contributed by atoms with E-state index in [1.165, 1.54) is 193 Å². The van der Waals surface area contributed by atoms with Crippen LogP contribution >= 0.6 is 15.6 Å². The molecule has 0 fully saturated rings. The molecule has 602 valence electrons. The summed E-state index contributed by atoms with van der Waals surface area (Å²) in [4.78, 5) is 73.1. The van der Waals surface area contributed by atoms with Gasteiger partial charge in [0.15, 0.2) is 12.2 Å². The van der Waals surface area contributed by atoms with Crippen molar-refractivity contribution in [2.45, 2.75) is 426 Å². The van der Waals surface area contributed by atoms with Crippen LogP contribution in [0.4, 0.5) is 0 Å². The van der Waals surface area contributed by atoms with Gasteiger partial charge in [0.05, 0.1) is 26.4 Å². The monoisotopic (exact) mass is 1490 g/mol. The molecular weight excluding hydrogens is 1330 g/mol. The predicted molar refractivity (Wildman–Crippen MR) is 418 cm³/mol. The van der Waals surface area contributed by atoms with Crippen molar-refractivity contribution < 1.29 is 80.2 Å². The second kappa shape index (κ2) is 72.7. The van der Waals surface area contributed by atoms with Gasteiger partial charge in [-0.1, -0.05) is 355 Å². The van der Waals surface area contributed by atoms with E-state index in [1.54, 1.807) is 0 Å². The third-order valence-corrected chi connectivity index (χ3v) is 20.7. The lowest BCUT2D eigenvalue weighted by atomic mass is 10.0. The molecule has 5 atom stereocenters. The van der Waals surface area contributed by atoms with Crippen molar-refractivity contribution in [2.75, 3.05) is 39.6 Å². The molecule has 17 nitrogen and oxygen atoms in total. The molecule has 3 unspecified atom stereocenters. The van der Waals surface area contributed by atoms with Crippen LogP contribution in [-0.4, -0.2) is 96.7 Å². The Morgan fingerprint density at radius 1 is 0.304 bits per heavy atom. The second-order valence-electron chi connectivity index (χ2n) is 30.6. The quantitative estimate of drug-likeness (QED) is 0.0169. The summed E-state index contributed by atoms with van der Waals surface area (Å²) in [6, 6.07) is 0. The van der Waals surface area contributed by atoms with Crippen LogP contribution in [0.2, 0.25) is 0 Å². The van der Waals surface area contributed by atoms with Gasteiger partial charge in [-0.3, -0.25) is 37.3 Å². The summed E-state index contributed by atoms with van der Waals surface area (Å²) in [7, 11) is -9.94. The third-order valence-electron chi connectivity index (χ3n) is 18.8. The highest BCUT2D eigenvalue weighted by Crippen LogP contribution is 2.45. The van der Waals surface area contributed by atoms with Crippen LogP contribution in [0, 0.1) is 17.8 Å². The number of unbranched alkanes of at least 4 members (excludes halogenated alkanes) is 44. The molecule has 0 saturated carbocycles. The summed E-state index contributed by atoms with van der Waals surface area (Å²) in [5, 5.41) is 10.6. The predicted octanol–water partition coefficient (Wildman–Crippen LogP) is 24.5. The van der Waals surface area contributed by atoms with Gasteiger partial charge in [-0.2, -0.15) is 0 Å². The largest absolute Gasteiger partial charge is 0.472 e. The van der Waals surface area contributed by atoms with Crippen molar-refractivity contribution in [3.8, 4) is 0 Å². The first-order valence-electron chi connectivity index (χ1n) is 42.2. The summed E-state index contributed by atoms with van der Waals surface area (Å²) in [5.74, 6) is 0.172. The van der Waals surface area contributed by atoms with Gasteiger partial charge >= 0.3 is 39.5 Å². The van der Waals surface area contributed by atoms with E-state index in [1.807, 2.05) is 0 Å². The number of aliphatic hydroxyl groups excluding tert-OH is 1. The zero-order chi connectivity index (χ0) is 75.1. The van der Waals surface area contributed by atoms with E-state index in [0.717, 1.165) is 127 Å². The molecule has 0 aliphatic heterocycles. The normalized spacial score (nSPS) is 14.1. The average Bonchev–Trinajstić information content (AvgIpc) is 0.912. The Morgan fingerprint density at radius 3 is 0.794 bits per heavy atom. The van der Waals surface area contributed by atoms with E-state index < -0.39 is 97.5 Å². The molecule has 102 heavy (non-hydrogen) atoms. The minimum absolute atomic E-state index is 0.101. The minimum atomic E-state index is -4.97. The van der Waals surface area contributed by atoms with Crippen LogP contribution < -0.4 is 0 Å². The molecule has 0 aromatic rings. The maximum atomic E-state index is 13.1. The molecule has 0 radical (unpaired) electrons. The van der Waals surface area contributed by atoms with E-state index >= 15 is 0 Å². The fourth-order valence-corrected chi connectivity index (χ4v) is 13.9. The average molecular weight is 1490 g/mol. The number of aliphatic hydroxyl groups is 1. The number of carbonyl (C=O) groups excluding carboxylic acids is 4. The number of phosphoric ester groups is 2. The van der Waals surface area contributed by atoms with Crippen molar-refractivity contribution in [3.05, 3.63) is 24.3 Å². The summed E-state index contributed by atoms with van der Waals surface area (Å²) in [6.45, 7) is 11.9. The summed E-state index contributed by atoms with van der Waals surface area (Å²) in [6.07, 6.45) is 64.7. The lowest BCUT2D eigenvalue weighted by Gasteiger charge is -2.21. The van der Waals surface area contributed by atoms with Gasteiger partial charge in [-0.25, -0.2) is 9.13 Å². The standard InChI is InChI=1S/C83H158O17P2/c1-8-9-10-11-12-13-14-15-19-26-31-36-43-50-57-64-80(85)93-70-78(99-82(87)66-59-52-44-37-32-27-22-17-16-20-24-29-34-40-47-54-61-74(2)3)72-97-101(89,90)95-68-77(84)69-96-102(91,92)98-73-79(71-94-81(86)65-58-51-46-39-42-49-56-63-76(6)7)100-83(88)67-60-53-45-38-33-28-23-18-21-25-30-35-41-48-55-62-75(4)5/h13-15,19,74-79,84H,8-12,16-18,20-73H2,1-7H3,(H,89,90)(H,91,92)/b14-13-,19-15-/t77?,78-,79-/m1/s1. The Hall–Kier alpha value is -2.46. The Kier molecular flexibility index (Phi) is 71.0. The highest BCUT2D eigenvalue weighted by molar-refractivity contribution is 7.47. The molecule has 0 bridgehead atoms. The van der Waals surface area contributed by atoms with E-state index in [0.29, 0.717) is 31.6 Å². The smallest absolute Gasteiger partial charge is 0.462 e. The summed E-state index contributed by atoms with van der Waals surface area (Å²) in [5.41, 5.74) is 0. The number of phosphoric acid groups is 2. The van der Waals surface area contributed by atoms with Crippen LogP contribution in [0.1, 0.15) is 408 Å². The molecule has 19 heteroatoms. The van der Waals surface area contributed by atoms with Crippen molar-refractivity contribution in [1.82, 2.24) is 0 Å². The molecule has 0 aromatic carbocycles. The van der Waals surface area contributed by atoms with Crippen molar-refractivity contribution in [1.29, 1.82) is 0 Å². The minimum Gasteiger partial charge on any atom is -0.462 e. The molecule has 3 N–H and O–H groups in total. The maximum absolute atomic E-state index is 13.1. The Morgan fingerprint density at radius 2 is 0.529 bits per heavy atom. The first-order valence-corrected chi connectivity index (χ1v) is 45.2. The fourth-order valence-electron chi connectivity index (χ4n) is 12.3. The highest BCUT2D eigenvalue weighted by atomic mass is 31.2. The Bertz CT molecular complexity index is 2070. The number of carbonyl (C=O) groups is 4. The molecule has 0 heterocycles. The molecule has 0 aliphatic carbocycles. The number of allylic oxidation sites excluding steroid dienone is 4. The summed E-state index contributed by atoms with van der Waals surface area (Å²) < 4.78 is 68.7. The van der Waals surface area contributed by atoms with Gasteiger partial charge in [0, 0.05) is 25.7 Å². The van der Waals surface area contributed by atoms with E-state index in [-0.39, 0.29) is 25.7 Å². The number of hydrogen-bond acceptors (Lipinski definition) is 15. The van der Waals surface area contributed by atoms with E-state index in [9.17, 15) is 43.2 Å². The molecular formula is C83H158O17P2. The van der Waals surface area contributed by atoms with Gasteiger partial charge in [0.1, 0.15) is 19.3 Å². The van der Waals surface area contributed by atoms with Crippen LogP contribution in [0.5, 0.6) is 0 Å². The fraction of sp³-hybridized carbons (Fsp3) is 0.904. The molecule has 0 saturated heterocycles. The van der Waals surface area contributed by atoms with Crippen LogP contribution in [-0.2, 0) is 65.4 Å². The van der Waals surface area contributed by atoms with Crippen LogP contribution in [0.15, 0.2) is 24.3 Å². The topological polar surface area (TPSA) is 237 Å². The number of rotatable bonds is 79. The maximum Gasteiger partial charge on any atom is 0.472 e. The number of esters is 4. The summed E-state index contributed by atoms with van der Waals surface area (Å²) >= 11 is 0. The van der Waals surface area contributed by atoms with Gasteiger partial charge in [0.2, 0.25) is 0 Å². The van der Waals surface area contributed by atoms with Gasteiger partial charge in [-0.05, 0) is 69.1 Å². The molecule has 0 aliphatic rings. The molecule has 0 spiro atoms. The van der Waals surface area contributed by atoms with Crippen LogP contribution in [0.3, 0.4) is 0 Å². The Labute approximate surface area is 624 Å². The number of hydrogen-bond donors (Lipinski definition) is 3. The number of ether oxygens (including phenoxy) is 4. The first kappa shape index (κ1) is 99.5.